The van der Waals surface area contributed by atoms with Crippen LogP contribution in [-0.4, -0.2) is 50.0 Å². The molecule has 0 aromatic rings. The summed E-state index contributed by atoms with van der Waals surface area (Å²) in [6, 6.07) is 0. The second-order valence-electron chi connectivity index (χ2n) is 4.07. The average Bonchev–Trinajstić information content (AvgIpc) is 2.33. The smallest absolute Gasteiger partial charge is 0.550 e. The molecule has 1 unspecified atom stereocenters. The van der Waals surface area contributed by atoms with Crippen LogP contribution >= 0.6 is 0 Å². The zero-order valence-electron chi connectivity index (χ0n) is 12.2. The molecule has 0 fully saturated rings. The van der Waals surface area contributed by atoms with Crippen molar-refractivity contribution < 1.29 is 66.7 Å². The van der Waals surface area contributed by atoms with E-state index in [0.717, 1.165) is 12.8 Å². The van der Waals surface area contributed by atoms with Crippen LogP contribution in [0.15, 0.2) is 0 Å². The van der Waals surface area contributed by atoms with Gasteiger partial charge in [-0.15, -0.1) is 0 Å². The largest absolute Gasteiger partial charge is 1.00 e. The van der Waals surface area contributed by atoms with Gasteiger partial charge in [0, 0.05) is 32.0 Å². The van der Waals surface area contributed by atoms with Crippen molar-refractivity contribution in [3.8, 4) is 0 Å². The predicted molar refractivity (Wildman–Crippen MR) is 66.3 cm³/mol. The van der Waals surface area contributed by atoms with E-state index in [9.17, 15) is 23.1 Å². The summed E-state index contributed by atoms with van der Waals surface area (Å²) in [5.41, 5.74) is 0. The van der Waals surface area contributed by atoms with Crippen LogP contribution in [0.3, 0.4) is 0 Å². The number of hydrogen-bond acceptors (Lipinski definition) is 7. The molecule has 0 aliphatic carbocycles. The number of aliphatic carboxylic acids is 1. The summed E-state index contributed by atoms with van der Waals surface area (Å²) in [5, 5.41) is 8.16. The fourth-order valence-electron chi connectivity index (χ4n) is 1.24. The maximum Gasteiger partial charge on any atom is 1.00 e. The van der Waals surface area contributed by atoms with E-state index >= 15 is 0 Å². The SMILES string of the molecule is CCCCOCCCOC(=O)C(CC(=O)[O-])S(=O)(=O)O.[Na+]. The minimum absolute atomic E-state index is 0. The molecule has 118 valence electrons. The fraction of sp³-hybridized carbons (Fsp3) is 0.818. The molecular formula is C11H19NaO8S. The zero-order chi connectivity index (χ0) is 15.6. The van der Waals surface area contributed by atoms with Gasteiger partial charge in [-0.25, -0.2) is 0 Å². The summed E-state index contributed by atoms with van der Waals surface area (Å²) in [5.74, 6) is -3.09. The topological polar surface area (TPSA) is 130 Å². The van der Waals surface area contributed by atoms with Gasteiger partial charge in [0.05, 0.1) is 6.61 Å². The zero-order valence-corrected chi connectivity index (χ0v) is 15.1. The molecule has 0 aromatic heterocycles. The Labute approximate surface area is 146 Å². The molecule has 0 spiro atoms. The van der Waals surface area contributed by atoms with Crippen molar-refractivity contribution >= 4 is 22.1 Å². The van der Waals surface area contributed by atoms with Crippen LogP contribution < -0.4 is 34.7 Å². The molecule has 0 aliphatic heterocycles. The summed E-state index contributed by atoms with van der Waals surface area (Å²) < 4.78 is 40.2. The van der Waals surface area contributed by atoms with Crippen molar-refractivity contribution in [1.29, 1.82) is 0 Å². The molecule has 0 aliphatic rings. The summed E-state index contributed by atoms with van der Waals surface area (Å²) in [6.45, 7) is 2.81. The summed E-state index contributed by atoms with van der Waals surface area (Å²) in [6.07, 6.45) is 1.11. The Morgan fingerprint density at radius 2 is 1.76 bits per heavy atom. The van der Waals surface area contributed by atoms with Gasteiger partial charge in [0.25, 0.3) is 10.1 Å². The van der Waals surface area contributed by atoms with Crippen LogP contribution in [0, 0.1) is 0 Å². The van der Waals surface area contributed by atoms with E-state index in [1.165, 1.54) is 0 Å². The molecule has 0 bridgehead atoms. The third-order valence-electron chi connectivity index (χ3n) is 2.29. The van der Waals surface area contributed by atoms with Gasteiger partial charge in [0.1, 0.15) is 0 Å². The monoisotopic (exact) mass is 334 g/mol. The number of carboxylic acids is 1. The molecule has 8 nitrogen and oxygen atoms in total. The Kier molecular flexibility index (Phi) is 13.6. The Bertz CT molecular complexity index is 408. The van der Waals surface area contributed by atoms with E-state index in [-0.39, 0.29) is 36.2 Å². The van der Waals surface area contributed by atoms with E-state index in [4.69, 9.17) is 9.29 Å². The molecule has 0 saturated heterocycles. The molecule has 0 amide bonds. The van der Waals surface area contributed by atoms with Gasteiger partial charge in [0.2, 0.25) is 0 Å². The van der Waals surface area contributed by atoms with Crippen molar-refractivity contribution in [3.63, 3.8) is 0 Å². The van der Waals surface area contributed by atoms with Crippen molar-refractivity contribution in [3.05, 3.63) is 0 Å². The van der Waals surface area contributed by atoms with E-state index in [0.29, 0.717) is 19.6 Å². The molecular weight excluding hydrogens is 315 g/mol. The van der Waals surface area contributed by atoms with Crippen LogP contribution in [0.1, 0.15) is 32.6 Å². The van der Waals surface area contributed by atoms with Crippen molar-refractivity contribution in [2.45, 2.75) is 37.9 Å². The first-order valence-electron chi connectivity index (χ1n) is 6.19. The molecule has 0 aromatic carbocycles. The van der Waals surface area contributed by atoms with E-state index < -0.39 is 33.7 Å². The number of hydrogen-bond donors (Lipinski definition) is 1. The number of carbonyl (C=O) groups is 2. The van der Waals surface area contributed by atoms with Crippen molar-refractivity contribution in [1.82, 2.24) is 0 Å². The minimum Gasteiger partial charge on any atom is -0.550 e. The second-order valence-corrected chi connectivity index (χ2v) is 5.67. The third kappa shape index (κ3) is 12.1. The molecule has 21 heavy (non-hydrogen) atoms. The van der Waals surface area contributed by atoms with Crippen LogP contribution in [0.4, 0.5) is 0 Å². The first-order chi connectivity index (χ1) is 9.29. The Hall–Kier alpha value is -0.190. The van der Waals surface area contributed by atoms with Gasteiger partial charge in [-0.1, -0.05) is 13.3 Å². The van der Waals surface area contributed by atoms with Gasteiger partial charge in [-0.05, 0) is 6.42 Å². The van der Waals surface area contributed by atoms with Gasteiger partial charge in [-0.2, -0.15) is 8.42 Å². The quantitative estimate of drug-likeness (QED) is 0.176. The first kappa shape index (κ1) is 23.1. The number of ether oxygens (including phenoxy) is 2. The summed E-state index contributed by atoms with van der Waals surface area (Å²) in [4.78, 5) is 21.7. The van der Waals surface area contributed by atoms with Gasteiger partial charge < -0.3 is 19.4 Å². The van der Waals surface area contributed by atoms with Crippen molar-refractivity contribution in [2.24, 2.45) is 0 Å². The summed E-state index contributed by atoms with van der Waals surface area (Å²) in [7, 11) is -4.84. The normalized spacial score (nSPS) is 12.3. The standard InChI is InChI=1S/C11H20O8S.Na/c1-2-3-5-18-6-4-7-19-11(14)9(8-10(12)13)20(15,16)17;/h9H,2-8H2,1H3,(H,12,13)(H,15,16,17);/q;+1/p-1. The molecule has 1 N–H and O–H groups in total. The van der Waals surface area contributed by atoms with Crippen LogP contribution in [0.5, 0.6) is 0 Å². The predicted octanol–water partition coefficient (Wildman–Crippen LogP) is -3.86. The number of carbonyl (C=O) groups excluding carboxylic acids is 2. The van der Waals surface area contributed by atoms with Crippen molar-refractivity contribution in [2.75, 3.05) is 19.8 Å². The number of esters is 1. The Balaban J connectivity index is 0. The van der Waals surface area contributed by atoms with Crippen LogP contribution in [0.25, 0.3) is 0 Å². The van der Waals surface area contributed by atoms with Crippen LogP contribution in [0.2, 0.25) is 0 Å². The van der Waals surface area contributed by atoms with E-state index in [2.05, 4.69) is 4.74 Å². The molecule has 1 atom stereocenters. The minimum atomic E-state index is -4.84. The molecule has 10 heteroatoms. The molecule has 0 saturated carbocycles. The number of unbranched alkanes of at least 4 members (excludes halogenated alkanes) is 1. The Morgan fingerprint density at radius 3 is 2.24 bits per heavy atom. The van der Waals surface area contributed by atoms with E-state index in [1.807, 2.05) is 6.92 Å². The number of rotatable bonds is 11. The van der Waals surface area contributed by atoms with Gasteiger partial charge >= 0.3 is 35.5 Å². The second kappa shape index (κ2) is 12.4. The number of carboxylic acid groups (broad SMARTS) is 1. The van der Waals surface area contributed by atoms with Crippen LogP contribution in [-0.2, 0) is 29.2 Å². The summed E-state index contributed by atoms with van der Waals surface area (Å²) >= 11 is 0. The van der Waals surface area contributed by atoms with Gasteiger partial charge in [-0.3, -0.25) is 9.35 Å². The maximum absolute atomic E-state index is 11.4. The molecule has 0 rings (SSSR count). The Morgan fingerprint density at radius 1 is 1.19 bits per heavy atom. The molecule has 0 radical (unpaired) electrons. The van der Waals surface area contributed by atoms with E-state index in [1.54, 1.807) is 0 Å². The average molecular weight is 334 g/mol. The first-order valence-corrected chi connectivity index (χ1v) is 7.69. The van der Waals surface area contributed by atoms with Gasteiger partial charge in [0.15, 0.2) is 5.25 Å². The fourth-order valence-corrected chi connectivity index (χ4v) is 1.89. The molecule has 0 heterocycles. The third-order valence-corrected chi connectivity index (χ3v) is 3.37. The maximum atomic E-state index is 11.4.